The molecule has 20 heavy (non-hydrogen) atoms. The molecule has 0 aliphatic carbocycles. The van der Waals surface area contributed by atoms with Crippen LogP contribution in [-0.2, 0) is 20.1 Å². The van der Waals surface area contributed by atoms with E-state index in [0.29, 0.717) is 0 Å². The van der Waals surface area contributed by atoms with Crippen LogP contribution in [0.25, 0.3) is 0 Å². The lowest BCUT2D eigenvalue weighted by molar-refractivity contribution is 0.765. The predicted octanol–water partition coefficient (Wildman–Crippen LogP) is 2.27. The van der Waals surface area contributed by atoms with Crippen molar-refractivity contribution in [2.45, 2.75) is 20.0 Å². The number of nitrogens with zero attached hydrogens (tertiary/aromatic N) is 3. The second-order valence-corrected chi connectivity index (χ2v) is 5.69. The smallest absolute Gasteiger partial charge is 0.191 e. The SMILES string of the molecule is CN=C(NCc1cnn(C)c1)NCc1ccc(C)s1.I. The number of aromatic nitrogens is 2. The summed E-state index contributed by atoms with van der Waals surface area (Å²) in [5, 5.41) is 10.7. The Kier molecular flexibility index (Phi) is 7.00. The Hall–Kier alpha value is -1.09. The van der Waals surface area contributed by atoms with Gasteiger partial charge in [-0.2, -0.15) is 5.10 Å². The summed E-state index contributed by atoms with van der Waals surface area (Å²) in [4.78, 5) is 6.84. The van der Waals surface area contributed by atoms with E-state index in [0.717, 1.165) is 24.6 Å². The van der Waals surface area contributed by atoms with Crippen molar-refractivity contribution in [1.82, 2.24) is 20.4 Å². The maximum atomic E-state index is 4.20. The third kappa shape index (κ3) is 5.12. The van der Waals surface area contributed by atoms with Crippen LogP contribution in [0, 0.1) is 6.92 Å². The number of guanidine groups is 1. The van der Waals surface area contributed by atoms with Gasteiger partial charge in [0.05, 0.1) is 12.7 Å². The minimum atomic E-state index is 0. The fourth-order valence-electron chi connectivity index (χ4n) is 1.72. The molecule has 0 aromatic carbocycles. The molecular weight excluding hydrogens is 385 g/mol. The molecule has 0 amide bonds. The number of aryl methyl sites for hydroxylation is 2. The number of halogens is 1. The highest BCUT2D eigenvalue weighted by molar-refractivity contribution is 14.0. The van der Waals surface area contributed by atoms with Crippen LogP contribution in [0.15, 0.2) is 29.5 Å². The van der Waals surface area contributed by atoms with Gasteiger partial charge in [-0.25, -0.2) is 0 Å². The van der Waals surface area contributed by atoms with Gasteiger partial charge in [0.2, 0.25) is 0 Å². The van der Waals surface area contributed by atoms with Crippen LogP contribution in [0.3, 0.4) is 0 Å². The van der Waals surface area contributed by atoms with E-state index in [1.807, 2.05) is 19.4 Å². The zero-order valence-corrected chi connectivity index (χ0v) is 15.0. The Morgan fingerprint density at radius 2 is 2.10 bits per heavy atom. The molecule has 0 spiro atoms. The van der Waals surface area contributed by atoms with Crippen LogP contribution in [0.1, 0.15) is 15.3 Å². The molecule has 2 aromatic rings. The Bertz CT molecular complexity index is 514. The van der Waals surface area contributed by atoms with Gasteiger partial charge in [-0.15, -0.1) is 35.3 Å². The summed E-state index contributed by atoms with van der Waals surface area (Å²) in [6, 6.07) is 4.27. The summed E-state index contributed by atoms with van der Waals surface area (Å²) in [7, 11) is 3.69. The number of aliphatic imine (C=N–C) groups is 1. The maximum absolute atomic E-state index is 4.20. The molecule has 0 unspecified atom stereocenters. The molecule has 2 N–H and O–H groups in total. The maximum Gasteiger partial charge on any atom is 0.191 e. The number of rotatable bonds is 4. The van der Waals surface area contributed by atoms with Gasteiger partial charge in [-0.3, -0.25) is 9.67 Å². The molecule has 2 rings (SSSR count). The molecule has 0 aliphatic heterocycles. The van der Waals surface area contributed by atoms with Gasteiger partial charge < -0.3 is 10.6 Å². The van der Waals surface area contributed by atoms with Crippen molar-refractivity contribution >= 4 is 41.3 Å². The molecule has 0 bridgehead atoms. The summed E-state index contributed by atoms with van der Waals surface area (Å²) < 4.78 is 1.79. The lowest BCUT2D eigenvalue weighted by Gasteiger charge is -2.10. The van der Waals surface area contributed by atoms with Crippen LogP contribution >= 0.6 is 35.3 Å². The molecule has 2 heterocycles. The number of thiophene rings is 1. The first kappa shape index (κ1) is 17.0. The van der Waals surface area contributed by atoms with Crippen molar-refractivity contribution in [2.24, 2.45) is 12.0 Å². The van der Waals surface area contributed by atoms with E-state index in [9.17, 15) is 0 Å². The third-order valence-electron chi connectivity index (χ3n) is 2.67. The monoisotopic (exact) mass is 405 g/mol. The highest BCUT2D eigenvalue weighted by atomic mass is 127. The van der Waals surface area contributed by atoms with Crippen molar-refractivity contribution in [2.75, 3.05) is 7.05 Å². The third-order valence-corrected chi connectivity index (χ3v) is 3.67. The van der Waals surface area contributed by atoms with Crippen molar-refractivity contribution < 1.29 is 0 Å². The molecule has 7 heteroatoms. The van der Waals surface area contributed by atoms with Crippen molar-refractivity contribution in [1.29, 1.82) is 0 Å². The number of nitrogens with one attached hydrogen (secondary N) is 2. The van der Waals surface area contributed by atoms with Crippen molar-refractivity contribution in [3.63, 3.8) is 0 Å². The van der Waals surface area contributed by atoms with E-state index in [2.05, 4.69) is 39.8 Å². The van der Waals surface area contributed by atoms with E-state index >= 15 is 0 Å². The summed E-state index contributed by atoms with van der Waals surface area (Å²) >= 11 is 1.80. The largest absolute Gasteiger partial charge is 0.352 e. The molecular formula is C13H20IN5S. The van der Waals surface area contributed by atoms with Crippen molar-refractivity contribution in [3.05, 3.63) is 39.8 Å². The highest BCUT2D eigenvalue weighted by Gasteiger charge is 2.01. The summed E-state index contributed by atoms with van der Waals surface area (Å²) in [5.41, 5.74) is 1.14. The normalized spacial score (nSPS) is 11.1. The average Bonchev–Trinajstić information content (AvgIpc) is 2.99. The minimum absolute atomic E-state index is 0. The number of hydrogen-bond donors (Lipinski definition) is 2. The molecule has 5 nitrogen and oxygen atoms in total. The second kappa shape index (κ2) is 8.25. The van der Waals surface area contributed by atoms with E-state index in [4.69, 9.17) is 0 Å². The van der Waals surface area contributed by atoms with Crippen LogP contribution in [0.4, 0.5) is 0 Å². The van der Waals surface area contributed by atoms with Gasteiger partial charge in [0.1, 0.15) is 0 Å². The molecule has 0 radical (unpaired) electrons. The molecule has 0 saturated carbocycles. The lowest BCUT2D eigenvalue weighted by atomic mass is 10.3. The molecule has 110 valence electrons. The van der Waals surface area contributed by atoms with Gasteiger partial charge in [0.25, 0.3) is 0 Å². The first-order valence-corrected chi connectivity index (χ1v) is 6.96. The zero-order valence-electron chi connectivity index (χ0n) is 11.9. The lowest BCUT2D eigenvalue weighted by Crippen LogP contribution is -2.36. The van der Waals surface area contributed by atoms with Gasteiger partial charge >= 0.3 is 0 Å². The fourth-order valence-corrected chi connectivity index (χ4v) is 2.55. The summed E-state index contributed by atoms with van der Waals surface area (Å²) in [6.07, 6.45) is 3.84. The minimum Gasteiger partial charge on any atom is -0.352 e. The summed E-state index contributed by atoms with van der Waals surface area (Å²) in [5.74, 6) is 0.801. The quantitative estimate of drug-likeness (QED) is 0.466. The van der Waals surface area contributed by atoms with Gasteiger partial charge in [-0.05, 0) is 19.1 Å². The van der Waals surface area contributed by atoms with Crippen LogP contribution in [0.2, 0.25) is 0 Å². The van der Waals surface area contributed by atoms with Crippen LogP contribution < -0.4 is 10.6 Å². The van der Waals surface area contributed by atoms with Crippen molar-refractivity contribution in [3.8, 4) is 0 Å². The van der Waals surface area contributed by atoms with E-state index in [1.165, 1.54) is 9.75 Å². The highest BCUT2D eigenvalue weighted by Crippen LogP contribution is 2.14. The second-order valence-electron chi connectivity index (χ2n) is 4.31. The topological polar surface area (TPSA) is 54.2 Å². The molecule has 0 aliphatic rings. The Labute approximate surface area is 140 Å². The Balaban J connectivity index is 0.00000200. The van der Waals surface area contributed by atoms with Gasteiger partial charge in [-0.1, -0.05) is 0 Å². The van der Waals surface area contributed by atoms with E-state index in [1.54, 1.807) is 23.1 Å². The molecule has 0 saturated heterocycles. The average molecular weight is 405 g/mol. The Morgan fingerprint density at radius 3 is 2.65 bits per heavy atom. The fraction of sp³-hybridized carbons (Fsp3) is 0.385. The standard InChI is InChI=1S/C13H19N5S.HI/c1-10-4-5-12(19-10)8-16-13(14-2)15-6-11-7-17-18(3)9-11;/h4-5,7,9H,6,8H2,1-3H3,(H2,14,15,16);1H. The van der Waals surface area contributed by atoms with E-state index in [-0.39, 0.29) is 24.0 Å². The predicted molar refractivity (Wildman–Crippen MR) is 94.7 cm³/mol. The molecule has 2 aromatic heterocycles. The van der Waals surface area contributed by atoms with Gasteiger partial charge in [0, 0.05) is 42.2 Å². The Morgan fingerprint density at radius 1 is 1.35 bits per heavy atom. The van der Waals surface area contributed by atoms with Gasteiger partial charge in [0.15, 0.2) is 5.96 Å². The van der Waals surface area contributed by atoms with Crippen LogP contribution in [0.5, 0.6) is 0 Å². The first-order valence-electron chi connectivity index (χ1n) is 6.14. The van der Waals surface area contributed by atoms with Crippen LogP contribution in [-0.4, -0.2) is 22.8 Å². The number of hydrogen-bond acceptors (Lipinski definition) is 3. The first-order chi connectivity index (χ1) is 9.17. The molecule has 0 atom stereocenters. The van der Waals surface area contributed by atoms with E-state index < -0.39 is 0 Å². The zero-order chi connectivity index (χ0) is 13.7. The molecule has 0 fully saturated rings. The summed E-state index contributed by atoms with van der Waals surface area (Å²) in [6.45, 7) is 3.63.